The van der Waals surface area contributed by atoms with Gasteiger partial charge in [-0.1, -0.05) is 30.7 Å². The van der Waals surface area contributed by atoms with Crippen LogP contribution in [0.15, 0.2) is 81.3 Å². The molecule has 2 aromatic carbocycles. The number of rotatable bonds is 6. The van der Waals surface area contributed by atoms with Crippen LogP contribution in [-0.2, 0) is 14.8 Å². The summed E-state index contributed by atoms with van der Waals surface area (Å²) in [5, 5.41) is 6.44. The Bertz CT molecular complexity index is 1200. The van der Waals surface area contributed by atoms with Gasteiger partial charge in [0.15, 0.2) is 0 Å². The molecule has 1 aliphatic heterocycles. The molecule has 1 aromatic heterocycles. The number of amides is 1. The number of hydrogen-bond acceptors (Lipinski definition) is 5. The Kier molecular flexibility index (Phi) is 5.84. The quantitative estimate of drug-likeness (QED) is 0.574. The van der Waals surface area contributed by atoms with Crippen molar-refractivity contribution >= 4 is 38.9 Å². The summed E-state index contributed by atoms with van der Waals surface area (Å²) < 4.78 is 33.1. The second-order valence-electron chi connectivity index (χ2n) is 7.01. The standard InChI is InChI=1S/C22H20ClN3O4S/c1-2-22(27)26-20(21-4-3-13-30-21)14-19(24-26)15-5-9-17(10-6-15)25-31(28,29)18-11-7-16(23)8-12-18/h3-13,20,25H,2,14H2,1H3. The van der Waals surface area contributed by atoms with E-state index in [0.29, 0.717) is 29.3 Å². The predicted molar refractivity (Wildman–Crippen MR) is 118 cm³/mol. The molecule has 160 valence electrons. The highest BCUT2D eigenvalue weighted by atomic mass is 35.5. The average Bonchev–Trinajstić information content (AvgIpc) is 3.44. The summed E-state index contributed by atoms with van der Waals surface area (Å²) in [6.45, 7) is 1.79. The molecule has 1 unspecified atom stereocenters. The van der Waals surface area contributed by atoms with Crippen LogP contribution in [0.25, 0.3) is 0 Å². The molecule has 0 saturated heterocycles. The van der Waals surface area contributed by atoms with E-state index in [-0.39, 0.29) is 16.8 Å². The lowest BCUT2D eigenvalue weighted by molar-refractivity contribution is -0.133. The number of nitrogens with zero attached hydrogens (tertiary/aromatic N) is 2. The molecule has 1 aliphatic rings. The zero-order valence-corrected chi connectivity index (χ0v) is 18.2. The van der Waals surface area contributed by atoms with E-state index in [1.54, 1.807) is 43.5 Å². The van der Waals surface area contributed by atoms with E-state index in [4.69, 9.17) is 16.0 Å². The Morgan fingerprint density at radius 1 is 1.16 bits per heavy atom. The Balaban J connectivity index is 1.54. The number of furan rings is 1. The van der Waals surface area contributed by atoms with Crippen LogP contribution in [0.2, 0.25) is 5.02 Å². The van der Waals surface area contributed by atoms with Gasteiger partial charge in [0, 0.05) is 23.6 Å². The number of halogens is 1. The number of hydrogen-bond donors (Lipinski definition) is 1. The fourth-order valence-electron chi connectivity index (χ4n) is 3.34. The normalized spacial score (nSPS) is 16.3. The molecular weight excluding hydrogens is 438 g/mol. The van der Waals surface area contributed by atoms with Crippen molar-refractivity contribution in [2.75, 3.05) is 4.72 Å². The first-order valence-corrected chi connectivity index (χ1v) is 11.6. The van der Waals surface area contributed by atoms with Crippen LogP contribution in [0, 0.1) is 0 Å². The van der Waals surface area contributed by atoms with Crippen molar-refractivity contribution in [3.63, 3.8) is 0 Å². The number of nitrogens with one attached hydrogen (secondary N) is 1. The maximum Gasteiger partial charge on any atom is 0.261 e. The van der Waals surface area contributed by atoms with Gasteiger partial charge < -0.3 is 4.42 Å². The monoisotopic (exact) mass is 457 g/mol. The first kappa shape index (κ1) is 21.1. The molecular formula is C22H20ClN3O4S. The third kappa shape index (κ3) is 4.50. The molecule has 4 rings (SSSR count). The number of sulfonamides is 1. The van der Waals surface area contributed by atoms with E-state index < -0.39 is 10.0 Å². The molecule has 9 heteroatoms. The minimum absolute atomic E-state index is 0.0938. The lowest BCUT2D eigenvalue weighted by Gasteiger charge is -2.18. The van der Waals surface area contributed by atoms with E-state index in [1.807, 2.05) is 6.07 Å². The minimum Gasteiger partial charge on any atom is -0.467 e. The molecule has 0 bridgehead atoms. The highest BCUT2D eigenvalue weighted by Crippen LogP contribution is 2.33. The molecule has 2 heterocycles. The van der Waals surface area contributed by atoms with Crippen LogP contribution in [-0.4, -0.2) is 25.0 Å². The maximum atomic E-state index is 12.5. The average molecular weight is 458 g/mol. The molecule has 0 saturated carbocycles. The Labute approximate surface area is 185 Å². The van der Waals surface area contributed by atoms with Gasteiger partial charge in [0.2, 0.25) is 5.91 Å². The Hall–Kier alpha value is -3.10. The molecule has 1 atom stereocenters. The highest BCUT2D eigenvalue weighted by molar-refractivity contribution is 7.92. The third-order valence-electron chi connectivity index (χ3n) is 4.93. The molecule has 1 N–H and O–H groups in total. The van der Waals surface area contributed by atoms with Gasteiger partial charge in [-0.2, -0.15) is 5.10 Å². The summed E-state index contributed by atoms with van der Waals surface area (Å²) in [6, 6.07) is 16.1. The van der Waals surface area contributed by atoms with Crippen molar-refractivity contribution in [1.82, 2.24) is 5.01 Å². The smallest absolute Gasteiger partial charge is 0.261 e. The Morgan fingerprint density at radius 3 is 2.48 bits per heavy atom. The van der Waals surface area contributed by atoms with Crippen molar-refractivity contribution in [1.29, 1.82) is 0 Å². The number of anilines is 1. The first-order chi connectivity index (χ1) is 14.9. The van der Waals surface area contributed by atoms with Crippen LogP contribution in [0.1, 0.15) is 37.1 Å². The number of carbonyl (C=O) groups excluding carboxylic acids is 1. The van der Waals surface area contributed by atoms with E-state index >= 15 is 0 Å². The molecule has 0 fully saturated rings. The fraction of sp³-hybridized carbons (Fsp3) is 0.182. The summed E-state index contributed by atoms with van der Waals surface area (Å²) in [5.74, 6) is 0.580. The lowest BCUT2D eigenvalue weighted by atomic mass is 10.0. The molecule has 0 spiro atoms. The van der Waals surface area contributed by atoms with Crippen molar-refractivity contribution in [2.45, 2.75) is 30.7 Å². The van der Waals surface area contributed by atoms with Crippen LogP contribution in [0.5, 0.6) is 0 Å². The van der Waals surface area contributed by atoms with Crippen LogP contribution < -0.4 is 4.72 Å². The van der Waals surface area contributed by atoms with Crippen LogP contribution in [0.4, 0.5) is 5.69 Å². The zero-order valence-electron chi connectivity index (χ0n) is 16.7. The summed E-state index contributed by atoms with van der Waals surface area (Å²) in [6.07, 6.45) is 2.41. The summed E-state index contributed by atoms with van der Waals surface area (Å²) in [5.41, 5.74) is 1.95. The second-order valence-corrected chi connectivity index (χ2v) is 9.13. The van der Waals surface area contributed by atoms with E-state index in [9.17, 15) is 13.2 Å². The highest BCUT2D eigenvalue weighted by Gasteiger charge is 2.34. The number of carbonyl (C=O) groups is 1. The SMILES string of the molecule is CCC(=O)N1N=C(c2ccc(NS(=O)(=O)c3ccc(Cl)cc3)cc2)CC1c1ccco1. The number of hydrazone groups is 1. The van der Waals surface area contributed by atoms with Crippen molar-refractivity contribution in [3.8, 4) is 0 Å². The van der Waals surface area contributed by atoms with E-state index in [0.717, 1.165) is 11.3 Å². The minimum atomic E-state index is -3.73. The van der Waals surface area contributed by atoms with Gasteiger partial charge in [-0.05, 0) is 54.1 Å². The summed E-state index contributed by atoms with van der Waals surface area (Å²) >= 11 is 5.83. The van der Waals surface area contributed by atoms with Crippen molar-refractivity contribution in [3.05, 3.63) is 83.3 Å². The number of benzene rings is 2. The van der Waals surface area contributed by atoms with Gasteiger partial charge in [0.1, 0.15) is 11.8 Å². The largest absolute Gasteiger partial charge is 0.467 e. The van der Waals surface area contributed by atoms with E-state index in [1.165, 1.54) is 29.3 Å². The first-order valence-electron chi connectivity index (χ1n) is 9.69. The van der Waals surface area contributed by atoms with Crippen molar-refractivity contribution < 1.29 is 17.6 Å². The second kappa shape index (κ2) is 8.56. The molecule has 31 heavy (non-hydrogen) atoms. The van der Waals surface area contributed by atoms with Gasteiger partial charge in [-0.15, -0.1) is 0 Å². The summed E-state index contributed by atoms with van der Waals surface area (Å²) in [7, 11) is -3.73. The topological polar surface area (TPSA) is 92.0 Å². The van der Waals surface area contributed by atoms with Crippen LogP contribution >= 0.6 is 11.6 Å². The molecule has 0 radical (unpaired) electrons. The van der Waals surface area contributed by atoms with Gasteiger partial charge in [0.25, 0.3) is 10.0 Å². The lowest BCUT2D eigenvalue weighted by Crippen LogP contribution is -2.25. The van der Waals surface area contributed by atoms with Gasteiger partial charge in [-0.3, -0.25) is 9.52 Å². The molecule has 3 aromatic rings. The molecule has 0 aliphatic carbocycles. The van der Waals surface area contributed by atoms with Crippen molar-refractivity contribution in [2.24, 2.45) is 5.10 Å². The maximum absolute atomic E-state index is 12.5. The third-order valence-corrected chi connectivity index (χ3v) is 6.58. The van der Waals surface area contributed by atoms with Crippen LogP contribution in [0.3, 0.4) is 0 Å². The fourth-order valence-corrected chi connectivity index (χ4v) is 4.52. The molecule has 1 amide bonds. The van der Waals surface area contributed by atoms with E-state index in [2.05, 4.69) is 9.82 Å². The van der Waals surface area contributed by atoms with Gasteiger partial charge >= 0.3 is 0 Å². The van der Waals surface area contributed by atoms with Gasteiger partial charge in [-0.25, -0.2) is 13.4 Å². The van der Waals surface area contributed by atoms with Gasteiger partial charge in [0.05, 0.1) is 16.9 Å². The predicted octanol–water partition coefficient (Wildman–Crippen LogP) is 4.82. The Morgan fingerprint density at radius 2 is 1.87 bits per heavy atom. The zero-order chi connectivity index (χ0) is 22.0. The molecule has 7 nitrogen and oxygen atoms in total. The summed E-state index contributed by atoms with van der Waals surface area (Å²) in [4.78, 5) is 12.5.